The maximum absolute atomic E-state index is 12.3. The first-order valence-corrected chi connectivity index (χ1v) is 8.86. The number of nitrogens with one attached hydrogen (secondary N) is 2. The molecule has 132 valence electrons. The van der Waals surface area contributed by atoms with Gasteiger partial charge in [0.1, 0.15) is 11.2 Å². The van der Waals surface area contributed by atoms with Gasteiger partial charge in [0.05, 0.1) is 6.07 Å². The number of hydrogen-bond donors (Lipinski definition) is 2. The molecule has 6 nitrogen and oxygen atoms in total. The van der Waals surface area contributed by atoms with E-state index < -0.39 is 11.4 Å². The smallest absolute Gasteiger partial charge is 0.271 e. The summed E-state index contributed by atoms with van der Waals surface area (Å²) < 4.78 is 0. The van der Waals surface area contributed by atoms with Crippen molar-refractivity contribution >= 4 is 17.5 Å². The lowest BCUT2D eigenvalue weighted by Gasteiger charge is -2.21. The fraction of sp³-hybridized carbons (Fsp3) is 0.579. The third kappa shape index (κ3) is 4.16. The highest BCUT2D eigenvalue weighted by atomic mass is 16.2. The van der Waals surface area contributed by atoms with Crippen LogP contribution in [0.4, 0.5) is 5.69 Å². The van der Waals surface area contributed by atoms with Crippen LogP contribution in [0, 0.1) is 29.1 Å². The maximum atomic E-state index is 12.3. The molecule has 1 aromatic heterocycles. The van der Waals surface area contributed by atoms with E-state index in [1.165, 1.54) is 31.9 Å². The minimum absolute atomic E-state index is 0.00698. The van der Waals surface area contributed by atoms with Gasteiger partial charge in [-0.2, -0.15) is 5.26 Å². The first-order valence-electron chi connectivity index (χ1n) is 8.86. The summed E-state index contributed by atoms with van der Waals surface area (Å²) >= 11 is 0. The molecule has 6 heteroatoms. The van der Waals surface area contributed by atoms with Crippen molar-refractivity contribution in [1.29, 1.82) is 5.26 Å². The highest BCUT2D eigenvalue weighted by molar-refractivity contribution is 5.96. The highest BCUT2D eigenvalue weighted by Crippen LogP contribution is 2.49. The second kappa shape index (κ2) is 6.83. The Morgan fingerprint density at radius 2 is 2.16 bits per heavy atom. The number of aromatic nitrogens is 1. The van der Waals surface area contributed by atoms with Crippen LogP contribution in [0.5, 0.6) is 0 Å². The van der Waals surface area contributed by atoms with Crippen LogP contribution in [0.15, 0.2) is 18.3 Å². The minimum atomic E-state index is -0.972. The van der Waals surface area contributed by atoms with Crippen molar-refractivity contribution in [3.8, 4) is 6.07 Å². The number of hydrogen-bond acceptors (Lipinski definition) is 4. The van der Waals surface area contributed by atoms with Gasteiger partial charge in [-0.25, -0.2) is 0 Å². The van der Waals surface area contributed by atoms with Crippen LogP contribution in [0.3, 0.4) is 0 Å². The third-order valence-corrected chi connectivity index (χ3v) is 5.31. The van der Waals surface area contributed by atoms with Gasteiger partial charge in [0.15, 0.2) is 0 Å². The van der Waals surface area contributed by atoms with E-state index in [-0.39, 0.29) is 11.6 Å². The summed E-state index contributed by atoms with van der Waals surface area (Å²) in [7, 11) is 0. The quantitative estimate of drug-likeness (QED) is 0.861. The van der Waals surface area contributed by atoms with Crippen molar-refractivity contribution in [2.24, 2.45) is 17.8 Å². The maximum Gasteiger partial charge on any atom is 0.271 e. The fourth-order valence-corrected chi connectivity index (χ4v) is 4.08. The summed E-state index contributed by atoms with van der Waals surface area (Å²) in [6.07, 6.45) is 7.08. The molecule has 1 aromatic rings. The van der Waals surface area contributed by atoms with Crippen LogP contribution < -0.4 is 10.6 Å². The Morgan fingerprint density at radius 1 is 1.36 bits per heavy atom. The molecule has 2 fully saturated rings. The molecule has 2 aliphatic rings. The fourth-order valence-electron chi connectivity index (χ4n) is 4.08. The van der Waals surface area contributed by atoms with E-state index in [1.54, 1.807) is 26.0 Å². The van der Waals surface area contributed by atoms with Crippen molar-refractivity contribution in [3.05, 3.63) is 24.0 Å². The predicted octanol–water partition coefficient (Wildman–Crippen LogP) is 2.88. The van der Waals surface area contributed by atoms with E-state index in [9.17, 15) is 9.59 Å². The van der Waals surface area contributed by atoms with E-state index in [4.69, 9.17) is 5.26 Å². The summed E-state index contributed by atoms with van der Waals surface area (Å²) in [4.78, 5) is 28.5. The van der Waals surface area contributed by atoms with Crippen LogP contribution in [-0.4, -0.2) is 22.3 Å². The standard InChI is InChI=1S/C19H24N4O2/c1-19(2,11-20)23-18(25)16-10-15(5-6-21-16)22-17(24)9-14-8-12-3-4-13(14)7-12/h5-6,10,12-14H,3-4,7-9H2,1-2H3,(H,23,25)(H,21,22,24). The van der Waals surface area contributed by atoms with Gasteiger partial charge in [0.2, 0.25) is 5.91 Å². The highest BCUT2D eigenvalue weighted by Gasteiger charge is 2.40. The molecular formula is C19H24N4O2. The number of rotatable bonds is 5. The van der Waals surface area contributed by atoms with Crippen LogP contribution >= 0.6 is 0 Å². The molecule has 2 bridgehead atoms. The average molecular weight is 340 g/mol. The number of amides is 2. The molecule has 2 N–H and O–H groups in total. The molecule has 3 unspecified atom stereocenters. The van der Waals surface area contributed by atoms with E-state index in [2.05, 4.69) is 15.6 Å². The number of anilines is 1. The number of carbonyl (C=O) groups excluding carboxylic acids is 2. The lowest BCUT2D eigenvalue weighted by Crippen LogP contribution is -2.42. The number of nitrogens with zero attached hydrogens (tertiary/aromatic N) is 2. The first kappa shape index (κ1) is 17.4. The zero-order valence-electron chi connectivity index (χ0n) is 14.7. The summed E-state index contributed by atoms with van der Waals surface area (Å²) in [6, 6.07) is 5.23. The van der Waals surface area contributed by atoms with Gasteiger partial charge in [-0.15, -0.1) is 0 Å². The molecule has 3 rings (SSSR count). The van der Waals surface area contributed by atoms with E-state index in [1.807, 2.05) is 6.07 Å². The Morgan fingerprint density at radius 3 is 2.80 bits per heavy atom. The summed E-state index contributed by atoms with van der Waals surface area (Å²) in [5.41, 5.74) is -0.232. The molecule has 0 aliphatic heterocycles. The topological polar surface area (TPSA) is 94.9 Å². The predicted molar refractivity (Wildman–Crippen MR) is 93.6 cm³/mol. The lowest BCUT2D eigenvalue weighted by molar-refractivity contribution is -0.117. The Hall–Kier alpha value is -2.42. The van der Waals surface area contributed by atoms with Gasteiger partial charge in [0, 0.05) is 18.3 Å². The van der Waals surface area contributed by atoms with E-state index in [0.717, 1.165) is 5.92 Å². The van der Waals surface area contributed by atoms with Gasteiger partial charge in [-0.3, -0.25) is 14.6 Å². The van der Waals surface area contributed by atoms with Crippen LogP contribution in [0.25, 0.3) is 0 Å². The molecular weight excluding hydrogens is 316 g/mol. The van der Waals surface area contributed by atoms with Gasteiger partial charge < -0.3 is 10.6 Å². The van der Waals surface area contributed by atoms with Crippen LogP contribution in [0.2, 0.25) is 0 Å². The molecule has 0 aromatic carbocycles. The van der Waals surface area contributed by atoms with Crippen LogP contribution in [0.1, 0.15) is 56.4 Å². The third-order valence-electron chi connectivity index (χ3n) is 5.31. The zero-order chi connectivity index (χ0) is 18.0. The monoisotopic (exact) mass is 340 g/mol. The Balaban J connectivity index is 1.59. The molecule has 3 atom stereocenters. The number of carbonyl (C=O) groups is 2. The first-order chi connectivity index (χ1) is 11.9. The normalized spacial score (nSPS) is 24.6. The van der Waals surface area contributed by atoms with E-state index >= 15 is 0 Å². The summed E-state index contributed by atoms with van der Waals surface area (Å²) in [5, 5.41) is 14.5. The second-order valence-corrected chi connectivity index (χ2v) is 7.81. The summed E-state index contributed by atoms with van der Waals surface area (Å²) in [6.45, 7) is 3.23. The molecule has 0 saturated heterocycles. The van der Waals surface area contributed by atoms with Gasteiger partial charge in [0.25, 0.3) is 5.91 Å². The van der Waals surface area contributed by atoms with Gasteiger partial charge in [-0.05, 0) is 63.0 Å². The van der Waals surface area contributed by atoms with Crippen molar-refractivity contribution in [2.45, 2.75) is 51.5 Å². The Labute approximate surface area is 148 Å². The molecule has 1 heterocycles. The minimum Gasteiger partial charge on any atom is -0.333 e. The van der Waals surface area contributed by atoms with Crippen LogP contribution in [-0.2, 0) is 4.79 Å². The Bertz CT molecular complexity index is 722. The number of fused-ring (bicyclic) bond motifs is 2. The van der Waals surface area contributed by atoms with Crippen molar-refractivity contribution in [2.75, 3.05) is 5.32 Å². The largest absolute Gasteiger partial charge is 0.333 e. The zero-order valence-corrected chi connectivity index (χ0v) is 14.7. The van der Waals surface area contributed by atoms with Crippen molar-refractivity contribution in [3.63, 3.8) is 0 Å². The molecule has 2 saturated carbocycles. The molecule has 25 heavy (non-hydrogen) atoms. The van der Waals surface area contributed by atoms with Crippen molar-refractivity contribution in [1.82, 2.24) is 10.3 Å². The molecule has 2 amide bonds. The van der Waals surface area contributed by atoms with Gasteiger partial charge >= 0.3 is 0 Å². The molecule has 2 aliphatic carbocycles. The van der Waals surface area contributed by atoms with Gasteiger partial charge in [-0.1, -0.05) is 6.42 Å². The Kier molecular flexibility index (Phi) is 4.76. The SMILES string of the molecule is CC(C)(C#N)NC(=O)c1cc(NC(=O)CC2CC3CCC2C3)ccn1. The number of nitriles is 1. The second-order valence-electron chi connectivity index (χ2n) is 7.81. The average Bonchev–Trinajstić information content (AvgIpc) is 3.17. The van der Waals surface area contributed by atoms with E-state index in [0.29, 0.717) is 23.9 Å². The van der Waals surface area contributed by atoms with Crippen molar-refractivity contribution < 1.29 is 9.59 Å². The summed E-state index contributed by atoms with van der Waals surface area (Å²) in [5.74, 6) is 1.59. The molecule has 0 radical (unpaired) electrons. The lowest BCUT2D eigenvalue weighted by atomic mass is 9.86. The molecule has 0 spiro atoms. The number of pyridine rings is 1.